The molecule has 0 aromatic carbocycles. The minimum absolute atomic E-state index is 0.120. The molecule has 1 N–H and O–H groups in total. The highest BCUT2D eigenvalue weighted by molar-refractivity contribution is 5.83. The van der Waals surface area contributed by atoms with Gasteiger partial charge in [0.1, 0.15) is 11.6 Å². The van der Waals surface area contributed by atoms with Gasteiger partial charge in [0.05, 0.1) is 5.52 Å². The topological polar surface area (TPSA) is 68.4 Å². The smallest absolute Gasteiger partial charge is 0.277 e. The van der Waals surface area contributed by atoms with Crippen LogP contribution < -0.4 is 10.9 Å². The minimum Gasteiger partial charge on any atom is -0.351 e. The van der Waals surface area contributed by atoms with Gasteiger partial charge in [0.25, 0.3) is 5.56 Å². The van der Waals surface area contributed by atoms with Crippen molar-refractivity contribution in [1.82, 2.24) is 19.3 Å². The fourth-order valence-electron chi connectivity index (χ4n) is 4.31. The zero-order valence-electron chi connectivity index (χ0n) is 16.1. The van der Waals surface area contributed by atoms with Crippen molar-refractivity contribution < 1.29 is 4.79 Å². The van der Waals surface area contributed by atoms with Crippen LogP contribution in [0.25, 0.3) is 16.7 Å². The van der Waals surface area contributed by atoms with E-state index in [9.17, 15) is 9.59 Å². The Morgan fingerprint density at radius 1 is 1.22 bits per heavy atom. The lowest BCUT2D eigenvalue weighted by atomic mass is 9.78. The van der Waals surface area contributed by atoms with Gasteiger partial charge in [0, 0.05) is 18.4 Å². The first-order valence-corrected chi connectivity index (χ1v) is 9.75. The molecule has 1 aliphatic carbocycles. The summed E-state index contributed by atoms with van der Waals surface area (Å²) in [5.41, 5.74) is 1.70. The molecule has 1 amide bonds. The summed E-state index contributed by atoms with van der Waals surface area (Å²) in [5, 5.41) is 3.20. The number of hydrogen-bond donors (Lipinski definition) is 1. The summed E-state index contributed by atoms with van der Waals surface area (Å²) >= 11 is 0. The number of nitrogens with zero attached hydrogens (tertiary/aromatic N) is 3. The second-order valence-corrected chi connectivity index (χ2v) is 7.84. The van der Waals surface area contributed by atoms with Crippen molar-refractivity contribution in [2.75, 3.05) is 0 Å². The Labute approximate surface area is 158 Å². The highest BCUT2D eigenvalue weighted by atomic mass is 16.2. The van der Waals surface area contributed by atoms with Crippen LogP contribution in [0.3, 0.4) is 0 Å². The third kappa shape index (κ3) is 2.93. The summed E-state index contributed by atoms with van der Waals surface area (Å²) in [6, 6.07) is 6.91. The first-order chi connectivity index (χ1) is 13.0. The van der Waals surface area contributed by atoms with Gasteiger partial charge in [0.15, 0.2) is 5.65 Å². The van der Waals surface area contributed by atoms with Gasteiger partial charge in [-0.05, 0) is 49.4 Å². The molecule has 4 rings (SSSR count). The van der Waals surface area contributed by atoms with Crippen molar-refractivity contribution in [1.29, 1.82) is 0 Å². The van der Waals surface area contributed by atoms with Crippen LogP contribution >= 0.6 is 0 Å². The van der Waals surface area contributed by atoms with Gasteiger partial charge in [-0.25, -0.2) is 4.98 Å². The van der Waals surface area contributed by atoms with E-state index in [4.69, 9.17) is 0 Å². The Morgan fingerprint density at radius 3 is 2.81 bits per heavy atom. The van der Waals surface area contributed by atoms with Crippen molar-refractivity contribution in [3.8, 4) is 0 Å². The summed E-state index contributed by atoms with van der Waals surface area (Å²) in [5.74, 6) is 0.919. The summed E-state index contributed by atoms with van der Waals surface area (Å²) in [4.78, 5) is 30.5. The molecule has 4 atom stereocenters. The fraction of sp³-hybridized carbons (Fsp3) is 0.476. The molecule has 0 radical (unpaired) electrons. The lowest BCUT2D eigenvalue weighted by Crippen LogP contribution is -2.47. The lowest BCUT2D eigenvalue weighted by Gasteiger charge is -2.35. The molecular weight excluding hydrogens is 340 g/mol. The summed E-state index contributed by atoms with van der Waals surface area (Å²) in [6.07, 6.45) is 6.84. The summed E-state index contributed by atoms with van der Waals surface area (Å²) < 4.78 is 3.35. The lowest BCUT2D eigenvalue weighted by molar-refractivity contribution is -0.125. The van der Waals surface area contributed by atoms with Crippen LogP contribution in [-0.2, 0) is 4.79 Å². The van der Waals surface area contributed by atoms with E-state index in [0.29, 0.717) is 23.0 Å². The minimum atomic E-state index is -0.626. The van der Waals surface area contributed by atoms with E-state index in [1.165, 1.54) is 11.0 Å². The van der Waals surface area contributed by atoms with E-state index >= 15 is 0 Å². The maximum absolute atomic E-state index is 13.1. The average molecular weight is 366 g/mol. The van der Waals surface area contributed by atoms with Gasteiger partial charge < -0.3 is 9.72 Å². The largest absolute Gasteiger partial charge is 0.351 e. The van der Waals surface area contributed by atoms with Crippen molar-refractivity contribution in [2.45, 2.75) is 52.1 Å². The first kappa shape index (κ1) is 17.8. The molecule has 6 heteroatoms. The van der Waals surface area contributed by atoms with E-state index in [2.05, 4.69) is 24.1 Å². The molecule has 3 heterocycles. The van der Waals surface area contributed by atoms with Crippen molar-refractivity contribution >= 4 is 22.6 Å². The van der Waals surface area contributed by atoms with E-state index in [1.807, 2.05) is 28.8 Å². The molecule has 0 spiro atoms. The number of nitrogens with one attached hydrogen (secondary N) is 1. The standard InChI is InChI=1S/C21H26N4O2/c1-13-7-4-8-16(14(13)2)23-20(26)15(3)25-19-17(9-5-11-22-19)24-12-6-10-18(24)21(25)27/h5-6,9-16H,4,7-8H2,1-3H3,(H,23,26). The molecular formula is C21H26N4O2. The number of aromatic nitrogens is 3. The number of pyridine rings is 1. The monoisotopic (exact) mass is 366 g/mol. The van der Waals surface area contributed by atoms with Crippen LogP contribution in [0.4, 0.5) is 0 Å². The van der Waals surface area contributed by atoms with Gasteiger partial charge >= 0.3 is 0 Å². The Morgan fingerprint density at radius 2 is 2.00 bits per heavy atom. The Balaban J connectivity index is 1.73. The molecule has 4 unspecified atom stereocenters. The molecule has 0 aliphatic heterocycles. The van der Waals surface area contributed by atoms with Crippen LogP contribution in [0, 0.1) is 11.8 Å². The first-order valence-electron chi connectivity index (χ1n) is 9.75. The number of carbonyl (C=O) groups excluding carboxylic acids is 1. The van der Waals surface area contributed by atoms with Gasteiger partial charge in [0.2, 0.25) is 5.91 Å². The van der Waals surface area contributed by atoms with E-state index in [0.717, 1.165) is 18.4 Å². The molecule has 3 aromatic heterocycles. The fourth-order valence-corrected chi connectivity index (χ4v) is 4.31. The molecule has 1 fully saturated rings. The van der Waals surface area contributed by atoms with Crippen molar-refractivity contribution in [3.05, 3.63) is 47.0 Å². The van der Waals surface area contributed by atoms with Gasteiger partial charge in [-0.2, -0.15) is 0 Å². The maximum Gasteiger partial charge on any atom is 0.277 e. The van der Waals surface area contributed by atoms with Crippen LogP contribution in [0.15, 0.2) is 41.5 Å². The molecule has 0 saturated heterocycles. The predicted molar refractivity (Wildman–Crippen MR) is 106 cm³/mol. The quantitative estimate of drug-likeness (QED) is 0.774. The molecule has 6 nitrogen and oxygen atoms in total. The molecule has 0 bridgehead atoms. The number of carbonyl (C=O) groups is 1. The highest BCUT2D eigenvalue weighted by Crippen LogP contribution is 2.30. The van der Waals surface area contributed by atoms with Crippen LogP contribution in [0.5, 0.6) is 0 Å². The number of amides is 1. The Bertz CT molecular complexity index is 1050. The third-order valence-electron chi connectivity index (χ3n) is 6.24. The number of fused-ring (bicyclic) bond motifs is 3. The molecule has 3 aromatic rings. The third-order valence-corrected chi connectivity index (χ3v) is 6.24. The summed E-state index contributed by atoms with van der Waals surface area (Å²) in [7, 11) is 0. The van der Waals surface area contributed by atoms with Crippen LogP contribution in [-0.4, -0.2) is 25.9 Å². The molecule has 142 valence electrons. The normalized spacial score (nSPS) is 24.2. The second kappa shape index (κ2) is 6.83. The number of hydrogen-bond acceptors (Lipinski definition) is 3. The van der Waals surface area contributed by atoms with E-state index in [-0.39, 0.29) is 17.5 Å². The van der Waals surface area contributed by atoms with Crippen molar-refractivity contribution in [2.24, 2.45) is 11.8 Å². The zero-order valence-corrected chi connectivity index (χ0v) is 16.1. The van der Waals surface area contributed by atoms with Gasteiger partial charge in [-0.15, -0.1) is 0 Å². The average Bonchev–Trinajstić information content (AvgIpc) is 3.16. The van der Waals surface area contributed by atoms with Crippen LogP contribution in [0.2, 0.25) is 0 Å². The number of rotatable bonds is 3. The molecule has 1 aliphatic rings. The van der Waals surface area contributed by atoms with Gasteiger partial charge in [-0.3, -0.25) is 14.2 Å². The van der Waals surface area contributed by atoms with E-state index in [1.54, 1.807) is 19.2 Å². The Hall–Kier alpha value is -2.63. The predicted octanol–water partition coefficient (Wildman–Crippen LogP) is 3.15. The molecule has 1 saturated carbocycles. The van der Waals surface area contributed by atoms with Crippen LogP contribution in [0.1, 0.15) is 46.1 Å². The highest BCUT2D eigenvalue weighted by Gasteiger charge is 2.30. The summed E-state index contributed by atoms with van der Waals surface area (Å²) in [6.45, 7) is 6.23. The van der Waals surface area contributed by atoms with E-state index < -0.39 is 6.04 Å². The SMILES string of the molecule is CC1CCCC(NC(=O)C(C)n2c(=O)c3cccn3c3cccnc32)C1C. The zero-order chi connectivity index (χ0) is 19.1. The van der Waals surface area contributed by atoms with Crippen molar-refractivity contribution in [3.63, 3.8) is 0 Å². The Kier molecular flexibility index (Phi) is 4.50. The maximum atomic E-state index is 13.1. The molecule has 27 heavy (non-hydrogen) atoms. The second-order valence-electron chi connectivity index (χ2n) is 7.84. The van der Waals surface area contributed by atoms with Gasteiger partial charge in [-0.1, -0.05) is 26.7 Å².